The van der Waals surface area contributed by atoms with Gasteiger partial charge in [0.25, 0.3) is 5.91 Å². The summed E-state index contributed by atoms with van der Waals surface area (Å²) in [5.41, 5.74) is 2.61. The second-order valence-electron chi connectivity index (χ2n) is 6.48. The lowest BCUT2D eigenvalue weighted by molar-refractivity contribution is 0.102. The van der Waals surface area contributed by atoms with Crippen LogP contribution in [0.1, 0.15) is 10.5 Å². The highest BCUT2D eigenvalue weighted by atomic mass is 79.9. The molecule has 0 aliphatic rings. The number of carbonyl (C=O) groups excluding carboxylic acids is 2. The molecular weight excluding hydrogens is 566 g/mol. The van der Waals surface area contributed by atoms with Gasteiger partial charge in [0, 0.05) is 26.9 Å². The average Bonchev–Trinajstić information content (AvgIpc) is 3.24. The van der Waals surface area contributed by atoms with Crippen molar-refractivity contribution in [2.45, 2.75) is 0 Å². The van der Waals surface area contributed by atoms with Crippen LogP contribution in [0.5, 0.6) is 0 Å². The van der Waals surface area contributed by atoms with E-state index in [4.69, 9.17) is 11.6 Å². The normalized spacial score (nSPS) is 10.8. The SMILES string of the molecule is COC(=O)Nc1cc(Br)cc(Br)c1NC(=O)c1ncc2cccn2c1-c1cccnc1Cl. The van der Waals surface area contributed by atoms with Crippen LogP contribution in [-0.4, -0.2) is 33.5 Å². The first-order chi connectivity index (χ1) is 15.4. The molecule has 0 atom stereocenters. The summed E-state index contributed by atoms with van der Waals surface area (Å²) in [6.45, 7) is 0. The smallest absolute Gasteiger partial charge is 0.411 e. The molecule has 0 saturated heterocycles. The van der Waals surface area contributed by atoms with E-state index in [2.05, 4.69) is 57.2 Å². The lowest BCUT2D eigenvalue weighted by Gasteiger charge is -2.16. The molecule has 0 unspecified atom stereocenters. The van der Waals surface area contributed by atoms with Crippen molar-refractivity contribution in [3.63, 3.8) is 0 Å². The molecular formula is C21H14Br2ClN5O3. The number of ether oxygens (including phenoxy) is 1. The predicted molar refractivity (Wildman–Crippen MR) is 129 cm³/mol. The Kier molecular flexibility index (Phi) is 6.45. The Balaban J connectivity index is 1.82. The highest BCUT2D eigenvalue weighted by Crippen LogP contribution is 2.36. The van der Waals surface area contributed by atoms with Crippen LogP contribution < -0.4 is 10.6 Å². The van der Waals surface area contributed by atoms with Gasteiger partial charge in [-0.25, -0.2) is 14.8 Å². The van der Waals surface area contributed by atoms with Gasteiger partial charge in [-0.05, 0) is 52.3 Å². The standard InChI is InChI=1S/C21H14Br2ClN5O3/c1-32-21(31)27-15-9-11(22)8-14(23)16(15)28-20(30)17-18(13-5-2-6-25-19(13)24)29-7-3-4-12(29)10-26-17/h2-10H,1H3,(H,27,31)(H,28,30). The van der Waals surface area contributed by atoms with Crippen molar-refractivity contribution in [1.82, 2.24) is 14.4 Å². The number of carbonyl (C=O) groups is 2. The molecule has 2 amide bonds. The molecule has 11 heteroatoms. The molecule has 162 valence electrons. The zero-order valence-corrected chi connectivity index (χ0v) is 20.3. The van der Waals surface area contributed by atoms with Gasteiger partial charge < -0.3 is 14.5 Å². The van der Waals surface area contributed by atoms with Gasteiger partial charge in [-0.15, -0.1) is 0 Å². The maximum Gasteiger partial charge on any atom is 0.411 e. The number of nitrogens with zero attached hydrogens (tertiary/aromatic N) is 3. The average molecular weight is 580 g/mol. The molecule has 2 N–H and O–H groups in total. The summed E-state index contributed by atoms with van der Waals surface area (Å²) in [4.78, 5) is 33.7. The molecule has 3 heterocycles. The molecule has 0 aliphatic carbocycles. The number of fused-ring (bicyclic) bond motifs is 1. The Morgan fingerprint density at radius 3 is 2.69 bits per heavy atom. The van der Waals surface area contributed by atoms with Gasteiger partial charge in [-0.3, -0.25) is 10.1 Å². The number of anilines is 2. The van der Waals surface area contributed by atoms with E-state index in [-0.39, 0.29) is 10.8 Å². The monoisotopic (exact) mass is 577 g/mol. The third-order valence-electron chi connectivity index (χ3n) is 4.52. The van der Waals surface area contributed by atoms with Crippen LogP contribution in [-0.2, 0) is 4.74 Å². The molecule has 0 radical (unpaired) electrons. The van der Waals surface area contributed by atoms with E-state index in [1.807, 2.05) is 22.7 Å². The molecule has 4 aromatic rings. The molecule has 8 nitrogen and oxygen atoms in total. The largest absolute Gasteiger partial charge is 0.453 e. The highest BCUT2D eigenvalue weighted by Gasteiger charge is 2.22. The van der Waals surface area contributed by atoms with Gasteiger partial charge in [-0.2, -0.15) is 0 Å². The predicted octanol–water partition coefficient (Wildman–Crippen LogP) is 6.01. The third kappa shape index (κ3) is 4.34. The molecule has 3 aromatic heterocycles. The van der Waals surface area contributed by atoms with Crippen molar-refractivity contribution in [3.05, 3.63) is 74.8 Å². The van der Waals surface area contributed by atoms with E-state index >= 15 is 0 Å². The molecule has 0 spiro atoms. The van der Waals surface area contributed by atoms with Gasteiger partial charge in [0.05, 0.1) is 35.9 Å². The van der Waals surface area contributed by atoms with Gasteiger partial charge in [0.2, 0.25) is 0 Å². The van der Waals surface area contributed by atoms with E-state index < -0.39 is 12.0 Å². The Morgan fingerprint density at radius 1 is 1.12 bits per heavy atom. The van der Waals surface area contributed by atoms with Crippen LogP contribution in [0.15, 0.2) is 63.9 Å². The van der Waals surface area contributed by atoms with E-state index in [9.17, 15) is 9.59 Å². The van der Waals surface area contributed by atoms with E-state index in [1.165, 1.54) is 7.11 Å². The molecule has 0 saturated carbocycles. The van der Waals surface area contributed by atoms with E-state index in [1.54, 1.807) is 36.7 Å². The van der Waals surface area contributed by atoms with Crippen LogP contribution >= 0.6 is 43.5 Å². The third-order valence-corrected chi connectivity index (χ3v) is 5.90. The van der Waals surface area contributed by atoms with Crippen molar-refractivity contribution in [3.8, 4) is 11.3 Å². The van der Waals surface area contributed by atoms with E-state index in [0.29, 0.717) is 31.6 Å². The number of rotatable bonds is 4. The molecule has 0 bridgehead atoms. The van der Waals surface area contributed by atoms with Crippen LogP contribution in [0.3, 0.4) is 0 Å². The quantitative estimate of drug-likeness (QED) is 0.289. The minimum Gasteiger partial charge on any atom is -0.453 e. The Hall–Kier alpha value is -2.95. The zero-order chi connectivity index (χ0) is 22.8. The maximum atomic E-state index is 13.4. The van der Waals surface area contributed by atoms with Crippen molar-refractivity contribution in [2.24, 2.45) is 0 Å². The summed E-state index contributed by atoms with van der Waals surface area (Å²) in [5, 5.41) is 5.65. The Labute approximate surface area is 204 Å². The number of pyridine rings is 1. The summed E-state index contributed by atoms with van der Waals surface area (Å²) in [5.74, 6) is -0.508. The number of hydrogen-bond donors (Lipinski definition) is 2. The summed E-state index contributed by atoms with van der Waals surface area (Å²) in [6.07, 6.45) is 4.29. The maximum absolute atomic E-state index is 13.4. The van der Waals surface area contributed by atoms with Gasteiger partial charge in [0.15, 0.2) is 5.69 Å². The number of halogens is 3. The Bertz CT molecular complexity index is 1360. The minimum atomic E-state index is -0.680. The van der Waals surface area contributed by atoms with Crippen LogP contribution in [0.25, 0.3) is 16.8 Å². The first-order valence-electron chi connectivity index (χ1n) is 9.11. The Morgan fingerprint density at radius 2 is 1.94 bits per heavy atom. The lowest BCUT2D eigenvalue weighted by atomic mass is 10.1. The fourth-order valence-electron chi connectivity index (χ4n) is 3.13. The zero-order valence-electron chi connectivity index (χ0n) is 16.4. The van der Waals surface area contributed by atoms with Crippen LogP contribution in [0.2, 0.25) is 5.15 Å². The first-order valence-corrected chi connectivity index (χ1v) is 11.1. The van der Waals surface area contributed by atoms with E-state index in [0.717, 1.165) is 5.52 Å². The van der Waals surface area contributed by atoms with Gasteiger partial charge >= 0.3 is 6.09 Å². The molecule has 0 aliphatic heterocycles. The number of hydrogen-bond acceptors (Lipinski definition) is 5. The second-order valence-corrected chi connectivity index (χ2v) is 8.61. The first kappa shape index (κ1) is 22.3. The molecule has 0 fully saturated rings. The number of methoxy groups -OCH3 is 1. The molecule has 4 rings (SSSR count). The van der Waals surface area contributed by atoms with Gasteiger partial charge in [-0.1, -0.05) is 27.5 Å². The van der Waals surface area contributed by atoms with Crippen LogP contribution in [0.4, 0.5) is 16.2 Å². The second kappa shape index (κ2) is 9.27. The summed E-state index contributed by atoms with van der Waals surface area (Å²) in [7, 11) is 1.25. The number of amides is 2. The number of nitrogens with one attached hydrogen (secondary N) is 2. The van der Waals surface area contributed by atoms with Crippen molar-refractivity contribution < 1.29 is 14.3 Å². The number of aromatic nitrogens is 3. The molecule has 1 aromatic carbocycles. The topological polar surface area (TPSA) is 97.6 Å². The summed E-state index contributed by atoms with van der Waals surface area (Å²) >= 11 is 13.1. The summed E-state index contributed by atoms with van der Waals surface area (Å²) in [6, 6.07) is 10.6. The highest BCUT2D eigenvalue weighted by molar-refractivity contribution is 9.11. The summed E-state index contributed by atoms with van der Waals surface area (Å²) < 4.78 is 7.71. The van der Waals surface area contributed by atoms with Crippen LogP contribution in [0, 0.1) is 0 Å². The van der Waals surface area contributed by atoms with Gasteiger partial charge in [0.1, 0.15) is 5.15 Å². The van der Waals surface area contributed by atoms with Crippen molar-refractivity contribution in [2.75, 3.05) is 17.7 Å². The van der Waals surface area contributed by atoms with Crippen molar-refractivity contribution >= 4 is 72.4 Å². The molecule has 32 heavy (non-hydrogen) atoms. The fourth-order valence-corrected chi connectivity index (χ4v) is 4.66. The fraction of sp³-hybridized carbons (Fsp3) is 0.0476. The lowest BCUT2D eigenvalue weighted by Crippen LogP contribution is -2.19. The minimum absolute atomic E-state index is 0.127. The number of benzene rings is 1. The van der Waals surface area contributed by atoms with Crippen molar-refractivity contribution in [1.29, 1.82) is 0 Å².